The van der Waals surface area contributed by atoms with E-state index in [1.54, 1.807) is 12.1 Å². The van der Waals surface area contributed by atoms with Crippen molar-refractivity contribution in [1.82, 2.24) is 23.5 Å². The maximum absolute atomic E-state index is 13.3. The zero-order valence-corrected chi connectivity index (χ0v) is 18.8. The predicted molar refractivity (Wildman–Crippen MR) is 111 cm³/mol. The molecular weight excluding hydrogens is 503 g/mol. The summed E-state index contributed by atoms with van der Waals surface area (Å²) in [5, 5.41) is -0.149. The van der Waals surface area contributed by atoms with Crippen LogP contribution in [0.1, 0.15) is 12.6 Å². The second kappa shape index (κ2) is 6.92. The topological polar surface area (TPSA) is 91.3 Å². The standard InChI is InChI=1S/C18H15BrF3N5O3S/c1-4-31(29,30)17-13(24-12-7-9(19)5-6-27(12)17)15-23-10-8-11(18(20,21)22)25(2)16(28)14(10)26(15)3/h5-8H,4H2,1-3H3. The summed E-state index contributed by atoms with van der Waals surface area (Å²) >= 11 is 3.30. The summed E-state index contributed by atoms with van der Waals surface area (Å²) in [6.45, 7) is 1.47. The molecular formula is C18H15BrF3N5O3S. The van der Waals surface area contributed by atoms with Gasteiger partial charge in [-0.2, -0.15) is 13.2 Å². The molecule has 0 radical (unpaired) electrons. The molecule has 0 saturated heterocycles. The molecule has 4 heterocycles. The Bertz CT molecular complexity index is 1530. The molecule has 13 heteroatoms. The van der Waals surface area contributed by atoms with E-state index >= 15 is 0 Å². The molecule has 0 saturated carbocycles. The first-order chi connectivity index (χ1) is 14.4. The van der Waals surface area contributed by atoms with Crippen molar-refractivity contribution >= 4 is 42.4 Å². The number of hydrogen-bond acceptors (Lipinski definition) is 5. The van der Waals surface area contributed by atoms with Gasteiger partial charge in [0.15, 0.2) is 20.7 Å². The molecule has 0 aliphatic heterocycles. The van der Waals surface area contributed by atoms with Gasteiger partial charge < -0.3 is 9.13 Å². The van der Waals surface area contributed by atoms with Crippen molar-refractivity contribution in [2.45, 2.75) is 18.1 Å². The summed E-state index contributed by atoms with van der Waals surface area (Å²) in [6.07, 6.45) is -3.24. The lowest BCUT2D eigenvalue weighted by Crippen LogP contribution is -2.26. The van der Waals surface area contributed by atoms with Gasteiger partial charge in [-0.3, -0.25) is 9.20 Å². The number of halogens is 4. The van der Waals surface area contributed by atoms with Crippen LogP contribution in [0.5, 0.6) is 0 Å². The number of alkyl halides is 3. The summed E-state index contributed by atoms with van der Waals surface area (Å²) < 4.78 is 69.5. The lowest BCUT2D eigenvalue weighted by molar-refractivity contribution is -0.143. The number of hydrogen-bond donors (Lipinski definition) is 0. The van der Waals surface area contributed by atoms with Crippen molar-refractivity contribution in [2.24, 2.45) is 14.1 Å². The Hall–Kier alpha value is -2.67. The Balaban J connectivity index is 2.13. The highest BCUT2D eigenvalue weighted by Crippen LogP contribution is 2.33. The summed E-state index contributed by atoms with van der Waals surface area (Å²) in [6, 6.07) is 4.00. The fourth-order valence-electron chi connectivity index (χ4n) is 3.43. The molecule has 0 unspecified atom stereocenters. The summed E-state index contributed by atoms with van der Waals surface area (Å²) in [7, 11) is -1.36. The number of fused-ring (bicyclic) bond motifs is 2. The Labute approximate surface area is 182 Å². The summed E-state index contributed by atoms with van der Waals surface area (Å²) in [5.74, 6) is -0.258. The molecule has 4 aromatic heterocycles. The van der Waals surface area contributed by atoms with E-state index in [2.05, 4.69) is 25.9 Å². The second-order valence-corrected chi connectivity index (χ2v) is 9.97. The molecule has 31 heavy (non-hydrogen) atoms. The van der Waals surface area contributed by atoms with Gasteiger partial charge in [0.05, 0.1) is 11.3 Å². The van der Waals surface area contributed by atoms with Crippen LogP contribution in [-0.2, 0) is 30.1 Å². The highest BCUT2D eigenvalue weighted by atomic mass is 79.9. The first-order valence-electron chi connectivity index (χ1n) is 8.91. The highest BCUT2D eigenvalue weighted by molar-refractivity contribution is 9.10. The van der Waals surface area contributed by atoms with Crippen molar-refractivity contribution < 1.29 is 21.6 Å². The molecule has 8 nitrogen and oxygen atoms in total. The largest absolute Gasteiger partial charge is 0.431 e. The molecule has 0 N–H and O–H groups in total. The molecule has 0 bridgehead atoms. The Morgan fingerprint density at radius 2 is 1.81 bits per heavy atom. The lowest BCUT2D eigenvalue weighted by Gasteiger charge is -2.11. The summed E-state index contributed by atoms with van der Waals surface area (Å²) in [5.41, 5.74) is -2.11. The lowest BCUT2D eigenvalue weighted by atomic mass is 10.3. The maximum Gasteiger partial charge on any atom is 0.431 e. The third-order valence-corrected chi connectivity index (χ3v) is 7.22. The molecule has 164 valence electrons. The van der Waals surface area contributed by atoms with Gasteiger partial charge >= 0.3 is 6.18 Å². The Kier molecular flexibility index (Phi) is 4.81. The van der Waals surface area contributed by atoms with E-state index in [9.17, 15) is 26.4 Å². The minimum absolute atomic E-state index is 0.0294. The van der Waals surface area contributed by atoms with Crippen LogP contribution in [0, 0.1) is 0 Å². The molecule has 0 aliphatic carbocycles. The SMILES string of the molecule is CCS(=O)(=O)c1c(-c2nc3cc(C(F)(F)F)n(C)c(=O)c3n2C)nc2cc(Br)ccn12. The third-order valence-electron chi connectivity index (χ3n) is 4.99. The monoisotopic (exact) mass is 517 g/mol. The molecule has 0 fully saturated rings. The van der Waals surface area contributed by atoms with E-state index in [4.69, 9.17) is 0 Å². The minimum atomic E-state index is -4.76. The number of rotatable bonds is 3. The van der Waals surface area contributed by atoms with Gasteiger partial charge in [0, 0.05) is 24.8 Å². The van der Waals surface area contributed by atoms with E-state index in [-0.39, 0.29) is 33.3 Å². The zero-order chi connectivity index (χ0) is 22.9. The molecule has 0 aliphatic rings. The smallest absolute Gasteiger partial charge is 0.321 e. The number of aromatic nitrogens is 5. The number of pyridine rings is 2. The first kappa shape index (κ1) is 21.6. The van der Waals surface area contributed by atoms with Gasteiger partial charge in [0.2, 0.25) is 0 Å². The van der Waals surface area contributed by atoms with Crippen molar-refractivity contribution in [1.29, 1.82) is 0 Å². The molecule has 4 aromatic rings. The van der Waals surface area contributed by atoms with E-state index < -0.39 is 27.3 Å². The zero-order valence-electron chi connectivity index (χ0n) is 16.4. The number of aryl methyl sites for hydroxylation is 1. The number of imidazole rings is 2. The molecule has 0 amide bonds. The van der Waals surface area contributed by atoms with E-state index in [0.717, 1.165) is 13.1 Å². The van der Waals surface area contributed by atoms with Crippen LogP contribution >= 0.6 is 15.9 Å². The van der Waals surface area contributed by atoms with Gasteiger partial charge in [-0.1, -0.05) is 22.9 Å². The number of nitrogens with zero attached hydrogens (tertiary/aromatic N) is 5. The Morgan fingerprint density at radius 3 is 2.42 bits per heavy atom. The molecule has 0 spiro atoms. The van der Waals surface area contributed by atoms with Gasteiger partial charge in [-0.15, -0.1) is 0 Å². The fourth-order valence-corrected chi connectivity index (χ4v) is 4.91. The second-order valence-electron chi connectivity index (χ2n) is 6.86. The normalized spacial score (nSPS) is 12.9. The quantitative estimate of drug-likeness (QED) is 0.416. The first-order valence-corrected chi connectivity index (χ1v) is 11.4. The predicted octanol–water partition coefficient (Wildman–Crippen LogP) is 3.16. The van der Waals surface area contributed by atoms with E-state index in [1.165, 1.54) is 29.1 Å². The van der Waals surface area contributed by atoms with E-state index in [1.807, 2.05) is 0 Å². The average Bonchev–Trinajstić information content (AvgIpc) is 3.21. The van der Waals surface area contributed by atoms with Crippen LogP contribution in [0.3, 0.4) is 0 Å². The van der Waals surface area contributed by atoms with Gasteiger partial charge in [0.1, 0.15) is 22.6 Å². The van der Waals surface area contributed by atoms with Crippen molar-refractivity contribution in [3.05, 3.63) is 44.9 Å². The van der Waals surface area contributed by atoms with Gasteiger partial charge in [-0.25, -0.2) is 18.4 Å². The summed E-state index contributed by atoms with van der Waals surface area (Å²) in [4.78, 5) is 21.2. The van der Waals surface area contributed by atoms with Crippen molar-refractivity contribution in [3.8, 4) is 11.5 Å². The van der Waals surface area contributed by atoms with Crippen LogP contribution in [0.4, 0.5) is 13.2 Å². The van der Waals surface area contributed by atoms with Crippen molar-refractivity contribution in [3.63, 3.8) is 0 Å². The van der Waals surface area contributed by atoms with Crippen LogP contribution in [0.15, 0.2) is 38.7 Å². The van der Waals surface area contributed by atoms with Gasteiger partial charge in [0.25, 0.3) is 5.56 Å². The van der Waals surface area contributed by atoms with Gasteiger partial charge in [-0.05, 0) is 18.2 Å². The van der Waals surface area contributed by atoms with Crippen LogP contribution < -0.4 is 5.56 Å². The van der Waals surface area contributed by atoms with Crippen LogP contribution in [-0.4, -0.2) is 37.7 Å². The highest BCUT2D eigenvalue weighted by Gasteiger charge is 2.36. The number of sulfone groups is 1. The Morgan fingerprint density at radius 1 is 1.13 bits per heavy atom. The van der Waals surface area contributed by atoms with Crippen molar-refractivity contribution in [2.75, 3.05) is 5.75 Å². The molecule has 0 aromatic carbocycles. The van der Waals surface area contributed by atoms with Crippen LogP contribution in [0.2, 0.25) is 0 Å². The van der Waals surface area contributed by atoms with Crippen LogP contribution in [0.25, 0.3) is 28.2 Å². The average molecular weight is 518 g/mol. The minimum Gasteiger partial charge on any atom is -0.321 e. The molecule has 4 rings (SSSR count). The third kappa shape index (κ3) is 3.26. The van der Waals surface area contributed by atoms with E-state index in [0.29, 0.717) is 14.7 Å². The molecule has 0 atom stereocenters. The fraction of sp³-hybridized carbons (Fsp3) is 0.278. The maximum atomic E-state index is 13.3.